The van der Waals surface area contributed by atoms with Gasteiger partial charge in [0.1, 0.15) is 11.0 Å². The zero-order chi connectivity index (χ0) is 9.97. The molecule has 0 bridgehead atoms. The topological polar surface area (TPSA) is 49.6 Å². The zero-order valence-electron chi connectivity index (χ0n) is 7.46. The first-order chi connectivity index (χ1) is 6.81. The Morgan fingerprint density at radius 3 is 3.14 bits per heavy atom. The molecule has 2 heterocycles. The molecule has 1 aromatic rings. The van der Waals surface area contributed by atoms with Gasteiger partial charge in [0.05, 0.1) is 23.1 Å². The highest BCUT2D eigenvalue weighted by atomic mass is 35.5. The highest BCUT2D eigenvalue weighted by molar-refractivity contribution is 7.99. The fourth-order valence-corrected chi connectivity index (χ4v) is 2.73. The van der Waals surface area contributed by atoms with Gasteiger partial charge in [-0.15, -0.1) is 11.8 Å². The van der Waals surface area contributed by atoms with Crippen molar-refractivity contribution in [2.24, 2.45) is 0 Å². The molecule has 72 valence electrons. The smallest absolute Gasteiger partial charge is 0.146 e. The van der Waals surface area contributed by atoms with E-state index in [9.17, 15) is 0 Å². The third kappa shape index (κ3) is 1.84. The molecule has 0 saturated carbocycles. The molecule has 0 saturated heterocycles. The van der Waals surface area contributed by atoms with Crippen molar-refractivity contribution in [1.82, 2.24) is 9.97 Å². The van der Waals surface area contributed by atoms with Crippen LogP contribution >= 0.6 is 23.4 Å². The number of rotatable bonds is 1. The Balaban J connectivity index is 2.42. The van der Waals surface area contributed by atoms with E-state index in [1.165, 1.54) is 0 Å². The molecule has 0 N–H and O–H groups in total. The normalized spacial score (nSPS) is 14.6. The van der Waals surface area contributed by atoms with Crippen molar-refractivity contribution < 1.29 is 0 Å². The van der Waals surface area contributed by atoms with Crippen LogP contribution in [0, 0.1) is 11.3 Å². The SMILES string of the molecule is N#CCc1nc(Cl)c2c(n1)CCCS2. The molecule has 0 atom stereocenters. The van der Waals surface area contributed by atoms with Gasteiger partial charge >= 0.3 is 0 Å². The monoisotopic (exact) mass is 225 g/mol. The van der Waals surface area contributed by atoms with E-state index in [2.05, 4.69) is 9.97 Å². The molecule has 5 heteroatoms. The van der Waals surface area contributed by atoms with E-state index in [-0.39, 0.29) is 6.42 Å². The van der Waals surface area contributed by atoms with Crippen LogP contribution in [-0.2, 0) is 12.8 Å². The second-order valence-electron chi connectivity index (χ2n) is 2.99. The van der Waals surface area contributed by atoms with Crippen molar-refractivity contribution in [2.45, 2.75) is 24.2 Å². The summed E-state index contributed by atoms with van der Waals surface area (Å²) in [6, 6.07) is 2.03. The Kier molecular flexibility index (Phi) is 2.90. The summed E-state index contributed by atoms with van der Waals surface area (Å²) < 4.78 is 0. The molecule has 3 nitrogen and oxygen atoms in total. The van der Waals surface area contributed by atoms with Crippen LogP contribution in [-0.4, -0.2) is 15.7 Å². The molecule has 0 amide bonds. The van der Waals surface area contributed by atoms with Crippen LogP contribution in [0.15, 0.2) is 4.90 Å². The Hall–Kier alpha value is -0.790. The largest absolute Gasteiger partial charge is 0.236 e. The van der Waals surface area contributed by atoms with Gasteiger partial charge in [-0.3, -0.25) is 0 Å². The lowest BCUT2D eigenvalue weighted by atomic mass is 10.2. The average Bonchev–Trinajstić information content (AvgIpc) is 2.18. The number of halogens is 1. The van der Waals surface area contributed by atoms with Gasteiger partial charge in [-0.2, -0.15) is 5.26 Å². The van der Waals surface area contributed by atoms with E-state index < -0.39 is 0 Å². The molecule has 0 fully saturated rings. The van der Waals surface area contributed by atoms with Crippen molar-refractivity contribution in [1.29, 1.82) is 5.26 Å². The van der Waals surface area contributed by atoms with Crippen molar-refractivity contribution in [3.63, 3.8) is 0 Å². The first kappa shape index (κ1) is 9.75. The van der Waals surface area contributed by atoms with Crippen LogP contribution in [0.5, 0.6) is 0 Å². The van der Waals surface area contributed by atoms with Gasteiger partial charge in [0.2, 0.25) is 0 Å². The van der Waals surface area contributed by atoms with Crippen molar-refractivity contribution in [2.75, 3.05) is 5.75 Å². The third-order valence-electron chi connectivity index (χ3n) is 1.98. The molecule has 0 spiro atoms. The summed E-state index contributed by atoms with van der Waals surface area (Å²) in [5.41, 5.74) is 1.01. The third-order valence-corrected chi connectivity index (χ3v) is 3.58. The molecule has 0 unspecified atom stereocenters. The predicted octanol–water partition coefficient (Wildman–Crippen LogP) is 2.23. The summed E-state index contributed by atoms with van der Waals surface area (Å²) >= 11 is 7.70. The summed E-state index contributed by atoms with van der Waals surface area (Å²) in [5, 5.41) is 9.04. The van der Waals surface area contributed by atoms with Crippen LogP contribution in [0.2, 0.25) is 5.15 Å². The zero-order valence-corrected chi connectivity index (χ0v) is 9.03. The maximum absolute atomic E-state index is 8.54. The Bertz CT molecular complexity index is 400. The Labute approximate surface area is 91.5 Å². The number of nitriles is 1. The summed E-state index contributed by atoms with van der Waals surface area (Å²) in [4.78, 5) is 9.41. The molecule has 1 aliphatic rings. The van der Waals surface area contributed by atoms with E-state index in [0.717, 1.165) is 29.2 Å². The number of aryl methyl sites for hydroxylation is 1. The van der Waals surface area contributed by atoms with Crippen molar-refractivity contribution in [3.8, 4) is 6.07 Å². The fourth-order valence-electron chi connectivity index (χ4n) is 1.39. The van der Waals surface area contributed by atoms with Gasteiger partial charge < -0.3 is 0 Å². The van der Waals surface area contributed by atoms with Crippen LogP contribution in [0.3, 0.4) is 0 Å². The molecule has 0 aromatic carbocycles. The van der Waals surface area contributed by atoms with Crippen LogP contribution in [0.4, 0.5) is 0 Å². The van der Waals surface area contributed by atoms with Gasteiger partial charge in [0, 0.05) is 0 Å². The van der Waals surface area contributed by atoms with E-state index in [1.807, 2.05) is 6.07 Å². The van der Waals surface area contributed by atoms with Gasteiger partial charge in [-0.1, -0.05) is 11.6 Å². The van der Waals surface area contributed by atoms with Gasteiger partial charge in [-0.05, 0) is 18.6 Å². The van der Waals surface area contributed by atoms with E-state index in [4.69, 9.17) is 16.9 Å². The minimum atomic E-state index is 0.234. The number of hydrogen-bond acceptors (Lipinski definition) is 4. The summed E-state index contributed by atoms with van der Waals surface area (Å²) in [5.74, 6) is 1.62. The molecule has 0 aliphatic carbocycles. The Morgan fingerprint density at radius 2 is 2.36 bits per heavy atom. The molecule has 2 rings (SSSR count). The van der Waals surface area contributed by atoms with Gasteiger partial charge in [0.15, 0.2) is 0 Å². The quantitative estimate of drug-likeness (QED) is 0.688. The summed E-state index contributed by atoms with van der Waals surface area (Å²) in [7, 11) is 0. The maximum Gasteiger partial charge on any atom is 0.146 e. The van der Waals surface area contributed by atoms with Gasteiger partial charge in [0.25, 0.3) is 0 Å². The van der Waals surface area contributed by atoms with Crippen LogP contribution in [0.1, 0.15) is 17.9 Å². The first-order valence-electron chi connectivity index (χ1n) is 4.36. The van der Waals surface area contributed by atoms with E-state index in [0.29, 0.717) is 11.0 Å². The lowest BCUT2D eigenvalue weighted by Crippen LogP contribution is -2.07. The Morgan fingerprint density at radius 1 is 1.50 bits per heavy atom. The van der Waals surface area contributed by atoms with E-state index >= 15 is 0 Å². The molecular formula is C9H8ClN3S. The second-order valence-corrected chi connectivity index (χ2v) is 4.46. The average molecular weight is 226 g/mol. The number of fused-ring (bicyclic) bond motifs is 1. The highest BCUT2D eigenvalue weighted by Crippen LogP contribution is 2.33. The highest BCUT2D eigenvalue weighted by Gasteiger charge is 2.16. The molecule has 14 heavy (non-hydrogen) atoms. The summed E-state index contributed by atoms with van der Waals surface area (Å²) in [6.07, 6.45) is 2.30. The van der Waals surface area contributed by atoms with Crippen LogP contribution in [0.25, 0.3) is 0 Å². The number of nitrogens with zero attached hydrogens (tertiary/aromatic N) is 3. The van der Waals surface area contributed by atoms with Gasteiger partial charge in [-0.25, -0.2) is 9.97 Å². The second kappa shape index (κ2) is 4.16. The number of hydrogen-bond donors (Lipinski definition) is 0. The minimum absolute atomic E-state index is 0.234. The lowest BCUT2D eigenvalue weighted by molar-refractivity contribution is 0.803. The maximum atomic E-state index is 8.54. The molecule has 0 radical (unpaired) electrons. The van der Waals surface area contributed by atoms with Crippen molar-refractivity contribution in [3.05, 3.63) is 16.7 Å². The number of aromatic nitrogens is 2. The lowest BCUT2D eigenvalue weighted by Gasteiger charge is -2.15. The molecule has 1 aromatic heterocycles. The number of thioether (sulfide) groups is 1. The standard InChI is InChI=1S/C9H8ClN3S/c10-9-8-6(2-1-5-14-8)12-7(13-9)3-4-11/h1-3,5H2. The minimum Gasteiger partial charge on any atom is -0.236 e. The van der Waals surface area contributed by atoms with E-state index in [1.54, 1.807) is 11.8 Å². The van der Waals surface area contributed by atoms with Crippen molar-refractivity contribution >= 4 is 23.4 Å². The first-order valence-corrected chi connectivity index (χ1v) is 5.72. The fraction of sp³-hybridized carbons (Fsp3) is 0.444. The molecule has 1 aliphatic heterocycles. The van der Waals surface area contributed by atoms with Crippen LogP contribution < -0.4 is 0 Å². The molecular weight excluding hydrogens is 218 g/mol. The summed E-state index contributed by atoms with van der Waals surface area (Å²) in [6.45, 7) is 0. The predicted molar refractivity (Wildman–Crippen MR) is 55.4 cm³/mol.